The topological polar surface area (TPSA) is 76.7 Å². The molecule has 6 heteroatoms. The predicted octanol–water partition coefficient (Wildman–Crippen LogP) is 3.60. The standard InChI is InChI=1S/C22H18N2O4/c25-21(23-13-15-6-11-19-20(12-15)28-14-27-19)16-7-9-17(10-8-16)22(26)24-18-4-2-1-3-5-18/h1-12H,13-14H2,(H,23,25)(H,24,26). The van der Waals surface area contributed by atoms with Crippen LogP contribution in [0.2, 0.25) is 0 Å². The number of nitrogens with one attached hydrogen (secondary N) is 2. The molecule has 0 fully saturated rings. The van der Waals surface area contributed by atoms with Gasteiger partial charge in [-0.25, -0.2) is 0 Å². The largest absolute Gasteiger partial charge is 0.454 e. The number of fused-ring (bicyclic) bond motifs is 1. The number of para-hydroxylation sites is 1. The van der Waals surface area contributed by atoms with Crippen LogP contribution in [0.1, 0.15) is 26.3 Å². The van der Waals surface area contributed by atoms with Gasteiger partial charge in [-0.15, -0.1) is 0 Å². The van der Waals surface area contributed by atoms with Crippen LogP contribution in [0.5, 0.6) is 11.5 Å². The summed E-state index contributed by atoms with van der Waals surface area (Å²) in [6.07, 6.45) is 0. The van der Waals surface area contributed by atoms with E-state index in [4.69, 9.17) is 9.47 Å². The highest BCUT2D eigenvalue weighted by molar-refractivity contribution is 6.05. The molecular weight excluding hydrogens is 356 g/mol. The van der Waals surface area contributed by atoms with E-state index >= 15 is 0 Å². The molecule has 3 aromatic rings. The number of ether oxygens (including phenoxy) is 2. The fourth-order valence-electron chi connectivity index (χ4n) is 2.83. The lowest BCUT2D eigenvalue weighted by Crippen LogP contribution is -2.23. The summed E-state index contributed by atoms with van der Waals surface area (Å²) in [4.78, 5) is 24.6. The molecule has 28 heavy (non-hydrogen) atoms. The third kappa shape index (κ3) is 3.96. The molecule has 2 amide bonds. The Bertz CT molecular complexity index is 1000. The molecule has 6 nitrogen and oxygen atoms in total. The smallest absolute Gasteiger partial charge is 0.255 e. The van der Waals surface area contributed by atoms with Gasteiger partial charge in [-0.05, 0) is 54.1 Å². The Hall–Kier alpha value is -3.80. The highest BCUT2D eigenvalue weighted by Crippen LogP contribution is 2.32. The number of rotatable bonds is 5. The lowest BCUT2D eigenvalue weighted by molar-refractivity contribution is 0.0949. The summed E-state index contributed by atoms with van der Waals surface area (Å²) in [5.74, 6) is 0.950. The van der Waals surface area contributed by atoms with E-state index in [9.17, 15) is 9.59 Å². The molecule has 0 unspecified atom stereocenters. The van der Waals surface area contributed by atoms with Crippen molar-refractivity contribution in [2.24, 2.45) is 0 Å². The zero-order valence-electron chi connectivity index (χ0n) is 15.0. The summed E-state index contributed by atoms with van der Waals surface area (Å²) in [5, 5.41) is 5.67. The van der Waals surface area contributed by atoms with Crippen LogP contribution in [0, 0.1) is 0 Å². The van der Waals surface area contributed by atoms with Gasteiger partial charge in [0.2, 0.25) is 6.79 Å². The second-order valence-electron chi connectivity index (χ2n) is 6.27. The normalized spacial score (nSPS) is 11.7. The molecule has 3 aromatic carbocycles. The molecule has 140 valence electrons. The Balaban J connectivity index is 1.35. The van der Waals surface area contributed by atoms with Crippen molar-refractivity contribution < 1.29 is 19.1 Å². The van der Waals surface area contributed by atoms with Gasteiger partial charge in [0.05, 0.1) is 0 Å². The molecule has 1 aliphatic heterocycles. The first-order valence-electron chi connectivity index (χ1n) is 8.82. The van der Waals surface area contributed by atoms with Crippen LogP contribution in [-0.2, 0) is 6.54 Å². The van der Waals surface area contributed by atoms with Crippen LogP contribution < -0.4 is 20.1 Å². The number of hydrogen-bond acceptors (Lipinski definition) is 4. The van der Waals surface area contributed by atoms with Gasteiger partial charge in [0, 0.05) is 23.4 Å². The molecular formula is C22H18N2O4. The Morgan fingerprint density at radius 1 is 0.786 bits per heavy atom. The van der Waals surface area contributed by atoms with Gasteiger partial charge in [-0.2, -0.15) is 0 Å². The SMILES string of the molecule is O=C(NCc1ccc2c(c1)OCO2)c1ccc(C(=O)Nc2ccccc2)cc1. The fraction of sp³-hybridized carbons (Fsp3) is 0.0909. The maximum atomic E-state index is 12.4. The van der Waals surface area contributed by atoms with Crippen LogP contribution in [-0.4, -0.2) is 18.6 Å². The number of hydrogen-bond donors (Lipinski definition) is 2. The van der Waals surface area contributed by atoms with Crippen LogP contribution in [0.4, 0.5) is 5.69 Å². The van der Waals surface area contributed by atoms with Crippen molar-refractivity contribution in [3.05, 3.63) is 89.5 Å². The number of anilines is 1. The molecule has 0 radical (unpaired) electrons. The van der Waals surface area contributed by atoms with E-state index in [1.165, 1.54) is 0 Å². The van der Waals surface area contributed by atoms with Crippen molar-refractivity contribution in [2.45, 2.75) is 6.54 Å². The maximum absolute atomic E-state index is 12.4. The van der Waals surface area contributed by atoms with Gasteiger partial charge in [-0.1, -0.05) is 24.3 Å². The summed E-state index contributed by atoms with van der Waals surface area (Å²) in [7, 11) is 0. The zero-order valence-corrected chi connectivity index (χ0v) is 15.0. The molecule has 4 rings (SSSR count). The van der Waals surface area contributed by atoms with E-state index in [1.54, 1.807) is 24.3 Å². The number of benzene rings is 3. The van der Waals surface area contributed by atoms with E-state index in [0.29, 0.717) is 29.2 Å². The van der Waals surface area contributed by atoms with Crippen molar-refractivity contribution in [3.63, 3.8) is 0 Å². The number of amides is 2. The predicted molar refractivity (Wildman–Crippen MR) is 105 cm³/mol. The molecule has 1 heterocycles. The first kappa shape index (κ1) is 17.6. The zero-order chi connectivity index (χ0) is 19.3. The van der Waals surface area contributed by atoms with Gasteiger partial charge in [-0.3, -0.25) is 9.59 Å². The molecule has 2 N–H and O–H groups in total. The second kappa shape index (κ2) is 7.84. The Kier molecular flexibility index (Phi) is 4.93. The second-order valence-corrected chi connectivity index (χ2v) is 6.27. The van der Waals surface area contributed by atoms with Crippen molar-refractivity contribution in [3.8, 4) is 11.5 Å². The Labute approximate surface area is 162 Å². The fourth-order valence-corrected chi connectivity index (χ4v) is 2.83. The molecule has 0 saturated carbocycles. The number of carbonyl (C=O) groups excluding carboxylic acids is 2. The van der Waals surface area contributed by atoms with Crippen molar-refractivity contribution in [1.82, 2.24) is 5.32 Å². The summed E-state index contributed by atoms with van der Waals surface area (Å²) in [5.41, 5.74) is 2.60. The van der Waals surface area contributed by atoms with Gasteiger partial charge < -0.3 is 20.1 Å². The third-order valence-electron chi connectivity index (χ3n) is 4.33. The average molecular weight is 374 g/mol. The van der Waals surface area contributed by atoms with Crippen LogP contribution in [0.15, 0.2) is 72.8 Å². The summed E-state index contributed by atoms with van der Waals surface area (Å²) < 4.78 is 10.6. The quantitative estimate of drug-likeness (QED) is 0.715. The number of carbonyl (C=O) groups is 2. The average Bonchev–Trinajstić information content (AvgIpc) is 3.21. The minimum atomic E-state index is -0.224. The first-order valence-corrected chi connectivity index (χ1v) is 8.82. The molecule has 0 saturated heterocycles. The van der Waals surface area contributed by atoms with Crippen LogP contribution in [0.25, 0.3) is 0 Å². The molecule has 0 aromatic heterocycles. The molecule has 0 bridgehead atoms. The summed E-state index contributed by atoms with van der Waals surface area (Å²) in [6.45, 7) is 0.584. The van der Waals surface area contributed by atoms with Crippen LogP contribution in [0.3, 0.4) is 0 Å². The van der Waals surface area contributed by atoms with Crippen molar-refractivity contribution >= 4 is 17.5 Å². The molecule has 1 aliphatic rings. The highest BCUT2D eigenvalue weighted by Gasteiger charge is 2.14. The Morgan fingerprint density at radius 2 is 1.46 bits per heavy atom. The van der Waals surface area contributed by atoms with Gasteiger partial charge in [0.1, 0.15) is 0 Å². The van der Waals surface area contributed by atoms with Crippen LogP contribution >= 0.6 is 0 Å². The van der Waals surface area contributed by atoms with Gasteiger partial charge >= 0.3 is 0 Å². The summed E-state index contributed by atoms with van der Waals surface area (Å²) >= 11 is 0. The molecule has 0 spiro atoms. The highest BCUT2D eigenvalue weighted by atomic mass is 16.7. The first-order chi connectivity index (χ1) is 13.7. The lowest BCUT2D eigenvalue weighted by Gasteiger charge is -2.08. The van der Waals surface area contributed by atoms with E-state index in [1.807, 2.05) is 48.5 Å². The third-order valence-corrected chi connectivity index (χ3v) is 4.33. The van der Waals surface area contributed by atoms with Gasteiger partial charge in [0.25, 0.3) is 11.8 Å². The molecule has 0 atom stereocenters. The van der Waals surface area contributed by atoms with Crippen molar-refractivity contribution in [1.29, 1.82) is 0 Å². The van der Waals surface area contributed by atoms with E-state index in [2.05, 4.69) is 10.6 Å². The Morgan fingerprint density at radius 3 is 2.21 bits per heavy atom. The minimum absolute atomic E-state index is 0.215. The van der Waals surface area contributed by atoms with E-state index < -0.39 is 0 Å². The minimum Gasteiger partial charge on any atom is -0.454 e. The van der Waals surface area contributed by atoms with E-state index in [0.717, 1.165) is 11.3 Å². The van der Waals surface area contributed by atoms with E-state index in [-0.39, 0.29) is 18.6 Å². The monoisotopic (exact) mass is 374 g/mol. The maximum Gasteiger partial charge on any atom is 0.255 e. The van der Waals surface area contributed by atoms with Gasteiger partial charge in [0.15, 0.2) is 11.5 Å². The molecule has 0 aliphatic carbocycles. The van der Waals surface area contributed by atoms with Crippen molar-refractivity contribution in [2.75, 3.05) is 12.1 Å². The lowest BCUT2D eigenvalue weighted by atomic mass is 10.1. The summed E-state index contributed by atoms with van der Waals surface area (Å²) in [6, 6.07) is 21.3.